The van der Waals surface area contributed by atoms with Crippen molar-refractivity contribution in [2.45, 2.75) is 12.8 Å². The molecule has 0 atom stereocenters. The SMILES string of the molecule is COc1cc2nncc(-c3ccc(N4CCN(CC5CC5)CC4)nc3)c2cc1OC. The van der Waals surface area contributed by atoms with Crippen molar-refractivity contribution in [1.82, 2.24) is 20.1 Å². The summed E-state index contributed by atoms with van der Waals surface area (Å²) in [5, 5.41) is 9.40. The predicted molar refractivity (Wildman–Crippen MR) is 117 cm³/mol. The van der Waals surface area contributed by atoms with Gasteiger partial charge < -0.3 is 14.4 Å². The van der Waals surface area contributed by atoms with Crippen LogP contribution in [0.25, 0.3) is 22.0 Å². The third kappa shape index (κ3) is 3.77. The van der Waals surface area contributed by atoms with E-state index in [1.54, 1.807) is 20.4 Å². The number of nitrogens with zero attached hydrogens (tertiary/aromatic N) is 5. The Morgan fingerprint density at radius 3 is 2.40 bits per heavy atom. The van der Waals surface area contributed by atoms with E-state index in [0.717, 1.165) is 59.9 Å². The Hall–Kier alpha value is -2.93. The van der Waals surface area contributed by atoms with E-state index < -0.39 is 0 Å². The van der Waals surface area contributed by atoms with Crippen LogP contribution in [0.3, 0.4) is 0 Å². The summed E-state index contributed by atoms with van der Waals surface area (Å²) >= 11 is 0. The molecular formula is C23H27N5O2. The summed E-state index contributed by atoms with van der Waals surface area (Å²) in [6, 6.07) is 8.03. The monoisotopic (exact) mass is 405 g/mol. The molecule has 1 aliphatic carbocycles. The molecule has 1 aliphatic heterocycles. The lowest BCUT2D eigenvalue weighted by molar-refractivity contribution is 0.247. The normalized spacial score (nSPS) is 17.3. The molecule has 2 aromatic heterocycles. The zero-order valence-corrected chi connectivity index (χ0v) is 17.5. The number of hydrogen-bond donors (Lipinski definition) is 0. The molecule has 0 amide bonds. The van der Waals surface area contributed by atoms with E-state index in [1.165, 1.54) is 19.4 Å². The first-order valence-electron chi connectivity index (χ1n) is 10.6. The molecule has 1 saturated heterocycles. The van der Waals surface area contributed by atoms with Crippen molar-refractivity contribution in [2.24, 2.45) is 5.92 Å². The highest BCUT2D eigenvalue weighted by atomic mass is 16.5. The maximum Gasteiger partial charge on any atom is 0.162 e. The van der Waals surface area contributed by atoms with Gasteiger partial charge in [0.1, 0.15) is 5.82 Å². The molecule has 3 aromatic rings. The highest BCUT2D eigenvalue weighted by molar-refractivity contribution is 5.95. The lowest BCUT2D eigenvalue weighted by atomic mass is 10.0. The number of pyridine rings is 1. The van der Waals surface area contributed by atoms with Crippen molar-refractivity contribution >= 4 is 16.7 Å². The van der Waals surface area contributed by atoms with E-state index in [2.05, 4.69) is 32.1 Å². The Kier molecular flexibility index (Phi) is 5.12. The smallest absolute Gasteiger partial charge is 0.162 e. The second-order valence-electron chi connectivity index (χ2n) is 8.12. The van der Waals surface area contributed by atoms with Gasteiger partial charge in [-0.25, -0.2) is 4.98 Å². The zero-order chi connectivity index (χ0) is 20.5. The molecule has 156 valence electrons. The van der Waals surface area contributed by atoms with Crippen LogP contribution in [0.4, 0.5) is 5.82 Å². The van der Waals surface area contributed by atoms with Gasteiger partial charge >= 0.3 is 0 Å². The van der Waals surface area contributed by atoms with Crippen LogP contribution in [0, 0.1) is 5.92 Å². The number of ether oxygens (including phenoxy) is 2. The molecule has 7 nitrogen and oxygen atoms in total. The number of aromatic nitrogens is 3. The van der Waals surface area contributed by atoms with Crippen LogP contribution in [0.1, 0.15) is 12.8 Å². The van der Waals surface area contributed by atoms with Crippen LogP contribution >= 0.6 is 0 Å². The van der Waals surface area contributed by atoms with Gasteiger partial charge in [-0.15, -0.1) is 0 Å². The van der Waals surface area contributed by atoms with Gasteiger partial charge in [-0.3, -0.25) is 4.90 Å². The van der Waals surface area contributed by atoms with Gasteiger partial charge in [0, 0.05) is 61.5 Å². The molecule has 7 heteroatoms. The average Bonchev–Trinajstić information content (AvgIpc) is 3.62. The van der Waals surface area contributed by atoms with Crippen LogP contribution in [0.5, 0.6) is 11.5 Å². The first-order chi connectivity index (χ1) is 14.7. The van der Waals surface area contributed by atoms with E-state index in [4.69, 9.17) is 14.5 Å². The molecule has 3 heterocycles. The topological polar surface area (TPSA) is 63.6 Å². The van der Waals surface area contributed by atoms with Gasteiger partial charge in [-0.1, -0.05) is 0 Å². The summed E-state index contributed by atoms with van der Waals surface area (Å²) in [5.41, 5.74) is 2.76. The molecule has 5 rings (SSSR count). The van der Waals surface area contributed by atoms with Crippen molar-refractivity contribution in [3.8, 4) is 22.6 Å². The number of piperazine rings is 1. The highest BCUT2D eigenvalue weighted by Crippen LogP contribution is 2.36. The maximum atomic E-state index is 5.47. The first-order valence-corrected chi connectivity index (χ1v) is 10.6. The standard InChI is InChI=1S/C23H27N5O2/c1-29-21-11-18-19(14-25-26-20(18)12-22(21)30-2)17-5-6-23(24-13-17)28-9-7-27(8-10-28)15-16-3-4-16/h5-6,11-14,16H,3-4,7-10,15H2,1-2H3. The molecule has 0 radical (unpaired) electrons. The summed E-state index contributed by atoms with van der Waals surface area (Å²) in [4.78, 5) is 9.74. The van der Waals surface area contributed by atoms with Crippen LogP contribution < -0.4 is 14.4 Å². The molecule has 0 bridgehead atoms. The minimum atomic E-state index is 0.644. The number of anilines is 1. The van der Waals surface area contributed by atoms with Crippen LogP contribution in [-0.4, -0.2) is 67.0 Å². The van der Waals surface area contributed by atoms with Crippen molar-refractivity contribution in [1.29, 1.82) is 0 Å². The third-order valence-electron chi connectivity index (χ3n) is 6.11. The largest absolute Gasteiger partial charge is 0.493 e. The molecule has 1 saturated carbocycles. The van der Waals surface area contributed by atoms with E-state index in [-0.39, 0.29) is 0 Å². The zero-order valence-electron chi connectivity index (χ0n) is 17.5. The third-order valence-corrected chi connectivity index (χ3v) is 6.11. The fourth-order valence-corrected chi connectivity index (χ4v) is 4.17. The first kappa shape index (κ1) is 19.1. The van der Waals surface area contributed by atoms with Crippen molar-refractivity contribution in [3.05, 3.63) is 36.7 Å². The molecule has 30 heavy (non-hydrogen) atoms. The predicted octanol–water partition coefficient (Wildman–Crippen LogP) is 3.24. The lowest BCUT2D eigenvalue weighted by Crippen LogP contribution is -2.47. The van der Waals surface area contributed by atoms with Gasteiger partial charge in [0.15, 0.2) is 11.5 Å². The van der Waals surface area contributed by atoms with Crippen molar-refractivity contribution in [3.63, 3.8) is 0 Å². The van der Waals surface area contributed by atoms with E-state index in [1.807, 2.05) is 18.3 Å². The fraction of sp³-hybridized carbons (Fsp3) is 0.435. The fourth-order valence-electron chi connectivity index (χ4n) is 4.17. The number of rotatable bonds is 6. The van der Waals surface area contributed by atoms with E-state index >= 15 is 0 Å². The number of hydrogen-bond acceptors (Lipinski definition) is 7. The number of fused-ring (bicyclic) bond motifs is 1. The van der Waals surface area contributed by atoms with Crippen molar-refractivity contribution in [2.75, 3.05) is 51.8 Å². The number of benzene rings is 1. The number of methoxy groups -OCH3 is 2. The molecule has 2 aliphatic rings. The van der Waals surface area contributed by atoms with Gasteiger partial charge in [0.05, 0.1) is 25.9 Å². The molecule has 0 spiro atoms. The van der Waals surface area contributed by atoms with E-state index in [9.17, 15) is 0 Å². The quantitative estimate of drug-likeness (QED) is 0.624. The Balaban J connectivity index is 1.37. The van der Waals surface area contributed by atoms with Crippen molar-refractivity contribution < 1.29 is 9.47 Å². The van der Waals surface area contributed by atoms with Gasteiger partial charge in [0.25, 0.3) is 0 Å². The Morgan fingerprint density at radius 2 is 1.73 bits per heavy atom. The van der Waals surface area contributed by atoms with Gasteiger partial charge in [-0.2, -0.15) is 10.2 Å². The molecule has 2 fully saturated rings. The molecule has 0 unspecified atom stereocenters. The van der Waals surface area contributed by atoms with E-state index in [0.29, 0.717) is 11.5 Å². The molecule has 0 N–H and O–H groups in total. The second kappa shape index (κ2) is 8.07. The summed E-state index contributed by atoms with van der Waals surface area (Å²) in [5.74, 6) is 3.31. The summed E-state index contributed by atoms with van der Waals surface area (Å²) < 4.78 is 10.9. The second-order valence-corrected chi connectivity index (χ2v) is 8.12. The minimum absolute atomic E-state index is 0.644. The van der Waals surface area contributed by atoms with Gasteiger partial charge in [-0.05, 0) is 37.0 Å². The average molecular weight is 406 g/mol. The van der Waals surface area contributed by atoms with Crippen LogP contribution in [-0.2, 0) is 0 Å². The summed E-state index contributed by atoms with van der Waals surface area (Å²) in [7, 11) is 3.26. The Morgan fingerprint density at radius 1 is 0.967 bits per heavy atom. The van der Waals surface area contributed by atoms with Crippen LogP contribution in [0.15, 0.2) is 36.7 Å². The molecular weight excluding hydrogens is 378 g/mol. The highest BCUT2D eigenvalue weighted by Gasteiger charge is 2.26. The van der Waals surface area contributed by atoms with Crippen LogP contribution in [0.2, 0.25) is 0 Å². The Labute approximate surface area is 176 Å². The Bertz CT molecular complexity index is 1030. The maximum absolute atomic E-state index is 5.47. The van der Waals surface area contributed by atoms with Gasteiger partial charge in [0.2, 0.25) is 0 Å². The summed E-state index contributed by atoms with van der Waals surface area (Å²) in [6.07, 6.45) is 6.54. The minimum Gasteiger partial charge on any atom is -0.493 e. The summed E-state index contributed by atoms with van der Waals surface area (Å²) in [6.45, 7) is 5.60. The molecule has 1 aromatic carbocycles. The lowest BCUT2D eigenvalue weighted by Gasteiger charge is -2.35.